The number of benzene rings is 2. The fourth-order valence-corrected chi connectivity index (χ4v) is 5.22. The molecule has 1 aliphatic heterocycles. The average Bonchev–Trinajstić information content (AvgIpc) is 3.05. The monoisotopic (exact) mass is 397 g/mol. The molecule has 2 nitrogen and oxygen atoms in total. The molecule has 1 unspecified atom stereocenters. The lowest BCUT2D eigenvalue weighted by Crippen LogP contribution is -2.57. The molecule has 28 heavy (non-hydrogen) atoms. The molecule has 0 bridgehead atoms. The second-order valence-electron chi connectivity index (χ2n) is 8.99. The van der Waals surface area contributed by atoms with Gasteiger partial charge in [-0.25, -0.2) is 0 Å². The van der Waals surface area contributed by atoms with Crippen LogP contribution in [0.25, 0.3) is 0 Å². The van der Waals surface area contributed by atoms with Gasteiger partial charge in [0, 0.05) is 35.6 Å². The number of aryl methyl sites for hydroxylation is 1. The highest BCUT2D eigenvalue weighted by Crippen LogP contribution is 2.45. The van der Waals surface area contributed by atoms with Crippen molar-refractivity contribution in [3.63, 3.8) is 0 Å². The number of rotatable bonds is 7. The average molecular weight is 398 g/mol. The molecular weight excluding hydrogens is 366 g/mol. The maximum absolute atomic E-state index is 6.41. The van der Waals surface area contributed by atoms with Gasteiger partial charge in [0.25, 0.3) is 0 Å². The van der Waals surface area contributed by atoms with E-state index in [1.807, 2.05) is 12.1 Å². The summed E-state index contributed by atoms with van der Waals surface area (Å²) >= 11 is 6.41. The zero-order valence-corrected chi connectivity index (χ0v) is 18.2. The van der Waals surface area contributed by atoms with Crippen LogP contribution in [0.2, 0.25) is 5.02 Å². The fourth-order valence-electron chi connectivity index (χ4n) is 4.98. The van der Waals surface area contributed by atoms with Gasteiger partial charge in [-0.05, 0) is 60.1 Å². The number of nitrogens with zero attached hydrogens (tertiary/aromatic N) is 1. The summed E-state index contributed by atoms with van der Waals surface area (Å²) in [5.41, 5.74) is 5.86. The molecule has 2 aromatic rings. The second-order valence-corrected chi connectivity index (χ2v) is 9.39. The minimum Gasteiger partial charge on any atom is -0.489 e. The van der Waals surface area contributed by atoms with Gasteiger partial charge in [0.05, 0.1) is 0 Å². The Morgan fingerprint density at radius 2 is 1.89 bits per heavy atom. The molecule has 150 valence electrons. The van der Waals surface area contributed by atoms with Crippen molar-refractivity contribution < 1.29 is 4.74 Å². The summed E-state index contributed by atoms with van der Waals surface area (Å²) in [7, 11) is 0. The van der Waals surface area contributed by atoms with E-state index in [0.29, 0.717) is 12.0 Å². The highest BCUT2D eigenvalue weighted by Gasteiger charge is 2.46. The molecule has 3 heteroatoms. The Morgan fingerprint density at radius 3 is 2.64 bits per heavy atom. The molecular formula is C25H32ClNO. The molecule has 0 amide bonds. The SMILES string of the molecule is CCc1cccc(Cl)c1COc1ccc2c(c1)CC1(C2)CN(CC(C)CC)C1. The smallest absolute Gasteiger partial charge is 0.120 e. The summed E-state index contributed by atoms with van der Waals surface area (Å²) in [6.07, 6.45) is 4.67. The lowest BCUT2D eigenvalue weighted by atomic mass is 9.76. The first-order chi connectivity index (χ1) is 13.5. The molecule has 4 rings (SSSR count). The van der Waals surface area contributed by atoms with Gasteiger partial charge in [0.1, 0.15) is 12.4 Å². The maximum Gasteiger partial charge on any atom is 0.120 e. The number of hydrogen-bond acceptors (Lipinski definition) is 2. The van der Waals surface area contributed by atoms with Gasteiger partial charge in [-0.2, -0.15) is 0 Å². The Balaban J connectivity index is 1.38. The maximum atomic E-state index is 6.41. The van der Waals surface area contributed by atoms with E-state index in [4.69, 9.17) is 16.3 Å². The van der Waals surface area contributed by atoms with Crippen LogP contribution < -0.4 is 4.74 Å². The Bertz CT molecular complexity index is 840. The number of likely N-dealkylation sites (tertiary alicyclic amines) is 1. The first-order valence-corrected chi connectivity index (χ1v) is 11.1. The topological polar surface area (TPSA) is 12.5 Å². The lowest BCUT2D eigenvalue weighted by Gasteiger charge is -2.49. The zero-order chi connectivity index (χ0) is 19.7. The predicted octanol–water partition coefficient (Wildman–Crippen LogP) is 5.93. The molecule has 0 radical (unpaired) electrons. The fraction of sp³-hybridized carbons (Fsp3) is 0.520. The molecule has 1 fully saturated rings. The molecule has 1 aliphatic carbocycles. The van der Waals surface area contributed by atoms with Crippen LogP contribution in [0.5, 0.6) is 5.75 Å². The molecule has 1 saturated heterocycles. The third-order valence-electron chi connectivity index (χ3n) is 6.67. The van der Waals surface area contributed by atoms with Crippen molar-refractivity contribution in [2.75, 3.05) is 19.6 Å². The van der Waals surface area contributed by atoms with Gasteiger partial charge in [-0.15, -0.1) is 0 Å². The minimum atomic E-state index is 0.479. The third-order valence-corrected chi connectivity index (χ3v) is 7.03. The largest absolute Gasteiger partial charge is 0.489 e. The van der Waals surface area contributed by atoms with Crippen molar-refractivity contribution in [1.29, 1.82) is 0 Å². The van der Waals surface area contributed by atoms with E-state index in [1.165, 1.54) is 55.6 Å². The number of fused-ring (bicyclic) bond motifs is 1. The van der Waals surface area contributed by atoms with E-state index < -0.39 is 0 Å². The van der Waals surface area contributed by atoms with E-state index in [2.05, 4.69) is 49.9 Å². The zero-order valence-electron chi connectivity index (χ0n) is 17.4. The van der Waals surface area contributed by atoms with Crippen LogP contribution in [-0.2, 0) is 25.9 Å². The van der Waals surface area contributed by atoms with Crippen molar-refractivity contribution in [3.8, 4) is 5.75 Å². The highest BCUT2D eigenvalue weighted by atomic mass is 35.5. The summed E-state index contributed by atoms with van der Waals surface area (Å²) < 4.78 is 6.15. The third kappa shape index (κ3) is 3.95. The molecule has 1 heterocycles. The van der Waals surface area contributed by atoms with Crippen molar-refractivity contribution >= 4 is 11.6 Å². The summed E-state index contributed by atoms with van der Waals surface area (Å²) in [5.74, 6) is 1.77. The second kappa shape index (κ2) is 8.08. The van der Waals surface area contributed by atoms with Gasteiger partial charge in [-0.1, -0.05) is 57.0 Å². The molecule has 0 N–H and O–H groups in total. The van der Waals surface area contributed by atoms with E-state index >= 15 is 0 Å². The van der Waals surface area contributed by atoms with Crippen LogP contribution in [0.3, 0.4) is 0 Å². The van der Waals surface area contributed by atoms with Crippen molar-refractivity contribution in [2.45, 2.75) is 53.1 Å². The quantitative estimate of drug-likeness (QED) is 0.574. The van der Waals surface area contributed by atoms with Crippen LogP contribution in [0.4, 0.5) is 0 Å². The number of ether oxygens (including phenoxy) is 1. The van der Waals surface area contributed by atoms with Gasteiger partial charge in [0.15, 0.2) is 0 Å². The van der Waals surface area contributed by atoms with E-state index in [9.17, 15) is 0 Å². The summed E-state index contributed by atoms with van der Waals surface area (Å²) in [4.78, 5) is 2.64. The standard InChI is InChI=1S/C25H32ClNO/c1-4-18(3)14-27-16-25(17-27)12-20-9-10-22(11-21(20)13-25)28-15-23-19(5-2)7-6-8-24(23)26/h6-11,18H,4-5,12-17H2,1-3H3. The van der Waals surface area contributed by atoms with E-state index in [0.717, 1.165) is 28.7 Å². The normalized spacial score (nSPS) is 18.7. The van der Waals surface area contributed by atoms with Gasteiger partial charge in [-0.3, -0.25) is 0 Å². The Labute approximate surface area is 174 Å². The lowest BCUT2D eigenvalue weighted by molar-refractivity contribution is -0.000949. The molecule has 1 spiro atoms. The van der Waals surface area contributed by atoms with Crippen LogP contribution in [-0.4, -0.2) is 24.5 Å². The Kier molecular flexibility index (Phi) is 5.71. The van der Waals surface area contributed by atoms with Gasteiger partial charge < -0.3 is 9.64 Å². The van der Waals surface area contributed by atoms with E-state index in [1.54, 1.807) is 0 Å². The van der Waals surface area contributed by atoms with Crippen molar-refractivity contribution in [3.05, 3.63) is 63.7 Å². The first kappa shape index (κ1) is 19.8. The highest BCUT2D eigenvalue weighted by molar-refractivity contribution is 6.31. The van der Waals surface area contributed by atoms with Crippen LogP contribution >= 0.6 is 11.6 Å². The molecule has 2 aromatic carbocycles. The van der Waals surface area contributed by atoms with E-state index in [-0.39, 0.29) is 0 Å². The van der Waals surface area contributed by atoms with Crippen LogP contribution in [0.1, 0.15) is 49.4 Å². The van der Waals surface area contributed by atoms with Gasteiger partial charge in [0.2, 0.25) is 0 Å². The van der Waals surface area contributed by atoms with Crippen molar-refractivity contribution in [1.82, 2.24) is 4.90 Å². The van der Waals surface area contributed by atoms with Crippen LogP contribution in [0.15, 0.2) is 36.4 Å². The molecule has 0 aromatic heterocycles. The minimum absolute atomic E-state index is 0.479. The molecule has 1 atom stereocenters. The summed E-state index contributed by atoms with van der Waals surface area (Å²) in [5, 5.41) is 0.801. The van der Waals surface area contributed by atoms with Crippen LogP contribution in [0, 0.1) is 11.3 Å². The number of halogens is 1. The molecule has 2 aliphatic rings. The predicted molar refractivity (Wildman–Crippen MR) is 117 cm³/mol. The Hall–Kier alpha value is -1.51. The first-order valence-electron chi connectivity index (χ1n) is 10.7. The molecule has 0 saturated carbocycles. The number of hydrogen-bond donors (Lipinski definition) is 0. The Morgan fingerprint density at radius 1 is 1.11 bits per heavy atom. The summed E-state index contributed by atoms with van der Waals surface area (Å²) in [6.45, 7) is 11.1. The summed E-state index contributed by atoms with van der Waals surface area (Å²) in [6, 6.07) is 12.8. The van der Waals surface area contributed by atoms with Crippen molar-refractivity contribution in [2.24, 2.45) is 11.3 Å². The van der Waals surface area contributed by atoms with Gasteiger partial charge >= 0.3 is 0 Å².